The summed E-state index contributed by atoms with van der Waals surface area (Å²) in [6, 6.07) is 2.76. The number of sulfonamides is 1. The Morgan fingerprint density at radius 3 is 2.42 bits per heavy atom. The molecule has 108 valence electrons. The second kappa shape index (κ2) is 6.31. The Kier molecular flexibility index (Phi) is 5.50. The zero-order chi connectivity index (χ0) is 14.8. The maximum atomic E-state index is 12.5. The van der Waals surface area contributed by atoms with Gasteiger partial charge in [-0.2, -0.15) is 0 Å². The summed E-state index contributed by atoms with van der Waals surface area (Å²) in [5.41, 5.74) is 5.80. The van der Waals surface area contributed by atoms with Crippen molar-refractivity contribution < 1.29 is 8.42 Å². The van der Waals surface area contributed by atoms with Gasteiger partial charge in [0.2, 0.25) is 10.0 Å². The number of rotatable bonds is 5. The largest absolute Gasteiger partial charge is 0.398 e. The van der Waals surface area contributed by atoms with E-state index in [-0.39, 0.29) is 21.5 Å². The molecule has 0 saturated carbocycles. The van der Waals surface area contributed by atoms with Crippen LogP contribution in [0.1, 0.15) is 20.3 Å². The topological polar surface area (TPSA) is 63.4 Å². The first-order valence-corrected chi connectivity index (χ1v) is 8.10. The lowest BCUT2D eigenvalue weighted by Crippen LogP contribution is -2.31. The number of halogens is 2. The third-order valence-corrected chi connectivity index (χ3v) is 5.54. The quantitative estimate of drug-likeness (QED) is 0.845. The summed E-state index contributed by atoms with van der Waals surface area (Å²) in [6.07, 6.45) is 0.893. The van der Waals surface area contributed by atoms with Crippen LogP contribution >= 0.6 is 23.2 Å². The smallest absolute Gasteiger partial charge is 0.246 e. The fraction of sp³-hybridized carbons (Fsp3) is 0.500. The van der Waals surface area contributed by atoms with Crippen LogP contribution in [-0.4, -0.2) is 26.3 Å². The van der Waals surface area contributed by atoms with Crippen molar-refractivity contribution in [1.29, 1.82) is 0 Å². The number of nitrogens with zero attached hydrogens (tertiary/aromatic N) is 1. The fourth-order valence-corrected chi connectivity index (χ4v) is 3.90. The third kappa shape index (κ3) is 3.75. The molecule has 0 aromatic heterocycles. The number of nitrogens with two attached hydrogens (primary N) is 1. The van der Waals surface area contributed by atoms with Crippen LogP contribution in [0.2, 0.25) is 10.0 Å². The van der Waals surface area contributed by atoms with E-state index < -0.39 is 10.0 Å². The summed E-state index contributed by atoms with van der Waals surface area (Å²) in [6.45, 7) is 4.41. The van der Waals surface area contributed by atoms with Gasteiger partial charge in [0.25, 0.3) is 0 Å². The van der Waals surface area contributed by atoms with Crippen LogP contribution in [0.3, 0.4) is 0 Å². The predicted octanol–water partition coefficient (Wildman–Crippen LogP) is 3.24. The zero-order valence-corrected chi connectivity index (χ0v) is 13.5. The summed E-state index contributed by atoms with van der Waals surface area (Å²) in [7, 11) is -2.18. The Bertz CT molecular complexity index is 538. The standard InChI is InChI=1S/C12H18Cl2N2O2S/c1-4-8(2)7-16(3)19(17,18)12-10(14)5-9(13)6-11(12)15/h5-6,8H,4,7,15H2,1-3H3. The molecular weight excluding hydrogens is 307 g/mol. The lowest BCUT2D eigenvalue weighted by molar-refractivity contribution is 0.394. The molecular formula is C12H18Cl2N2O2S. The van der Waals surface area contributed by atoms with E-state index in [0.29, 0.717) is 11.6 Å². The average Bonchev–Trinajstić information content (AvgIpc) is 2.26. The van der Waals surface area contributed by atoms with E-state index in [1.807, 2.05) is 13.8 Å². The minimum absolute atomic E-state index is 0.0426. The Balaban J connectivity index is 3.21. The highest BCUT2D eigenvalue weighted by molar-refractivity contribution is 7.89. The van der Waals surface area contributed by atoms with E-state index >= 15 is 0 Å². The molecule has 7 heteroatoms. The van der Waals surface area contributed by atoms with Crippen molar-refractivity contribution in [2.75, 3.05) is 19.3 Å². The Morgan fingerprint density at radius 2 is 1.95 bits per heavy atom. The summed E-state index contributed by atoms with van der Waals surface area (Å²) < 4.78 is 26.2. The molecule has 0 heterocycles. The maximum absolute atomic E-state index is 12.5. The van der Waals surface area contributed by atoms with Gasteiger partial charge >= 0.3 is 0 Å². The molecule has 0 spiro atoms. The Morgan fingerprint density at radius 1 is 1.37 bits per heavy atom. The molecule has 0 amide bonds. The lowest BCUT2D eigenvalue weighted by atomic mass is 10.1. The van der Waals surface area contributed by atoms with Gasteiger partial charge in [-0.05, 0) is 18.1 Å². The average molecular weight is 325 g/mol. The monoisotopic (exact) mass is 324 g/mol. The molecule has 0 aliphatic carbocycles. The SMILES string of the molecule is CCC(C)CN(C)S(=O)(=O)c1c(N)cc(Cl)cc1Cl. The van der Waals surface area contributed by atoms with Gasteiger partial charge in [-0.3, -0.25) is 0 Å². The van der Waals surface area contributed by atoms with Crippen molar-refractivity contribution in [1.82, 2.24) is 4.31 Å². The molecule has 2 N–H and O–H groups in total. The maximum Gasteiger partial charge on any atom is 0.246 e. The molecule has 0 aliphatic rings. The van der Waals surface area contributed by atoms with Gasteiger partial charge in [0, 0.05) is 18.6 Å². The van der Waals surface area contributed by atoms with Crippen LogP contribution in [-0.2, 0) is 10.0 Å². The second-order valence-electron chi connectivity index (χ2n) is 4.60. The van der Waals surface area contributed by atoms with E-state index in [9.17, 15) is 8.42 Å². The van der Waals surface area contributed by atoms with Crippen LogP contribution < -0.4 is 5.73 Å². The number of benzene rings is 1. The molecule has 19 heavy (non-hydrogen) atoms. The Hall–Kier alpha value is -0.490. The van der Waals surface area contributed by atoms with Crippen molar-refractivity contribution in [3.05, 3.63) is 22.2 Å². The minimum atomic E-state index is -3.70. The van der Waals surface area contributed by atoms with Crippen molar-refractivity contribution in [3.8, 4) is 0 Å². The molecule has 1 atom stereocenters. The van der Waals surface area contributed by atoms with Gasteiger partial charge in [0.1, 0.15) is 4.90 Å². The lowest BCUT2D eigenvalue weighted by Gasteiger charge is -2.22. The summed E-state index contributed by atoms with van der Waals surface area (Å²) >= 11 is 11.7. The highest BCUT2D eigenvalue weighted by Gasteiger charge is 2.27. The van der Waals surface area contributed by atoms with Crippen molar-refractivity contribution in [2.24, 2.45) is 5.92 Å². The van der Waals surface area contributed by atoms with Crippen LogP contribution in [0.5, 0.6) is 0 Å². The van der Waals surface area contributed by atoms with Crippen molar-refractivity contribution >= 4 is 38.9 Å². The van der Waals surface area contributed by atoms with Gasteiger partial charge in [-0.15, -0.1) is 0 Å². The van der Waals surface area contributed by atoms with Gasteiger partial charge in [-0.1, -0.05) is 43.5 Å². The molecule has 0 aliphatic heterocycles. The summed E-state index contributed by atoms with van der Waals surface area (Å²) in [5, 5.41) is 0.354. The van der Waals surface area contributed by atoms with Crippen LogP contribution in [0.15, 0.2) is 17.0 Å². The van der Waals surface area contributed by atoms with Crippen molar-refractivity contribution in [3.63, 3.8) is 0 Å². The zero-order valence-electron chi connectivity index (χ0n) is 11.2. The third-order valence-electron chi connectivity index (χ3n) is 2.97. The molecule has 1 aromatic rings. The number of hydrogen-bond acceptors (Lipinski definition) is 3. The molecule has 0 bridgehead atoms. The number of hydrogen-bond donors (Lipinski definition) is 1. The van der Waals surface area contributed by atoms with E-state index in [2.05, 4.69) is 0 Å². The van der Waals surface area contributed by atoms with E-state index in [1.165, 1.54) is 23.5 Å². The van der Waals surface area contributed by atoms with Crippen molar-refractivity contribution in [2.45, 2.75) is 25.2 Å². The highest BCUT2D eigenvalue weighted by atomic mass is 35.5. The van der Waals surface area contributed by atoms with E-state index in [4.69, 9.17) is 28.9 Å². The van der Waals surface area contributed by atoms with Gasteiger partial charge in [0.05, 0.1) is 10.7 Å². The van der Waals surface area contributed by atoms with Gasteiger partial charge < -0.3 is 5.73 Å². The second-order valence-corrected chi connectivity index (χ2v) is 7.43. The molecule has 1 rings (SSSR count). The molecule has 0 radical (unpaired) electrons. The number of anilines is 1. The first kappa shape index (κ1) is 16.6. The van der Waals surface area contributed by atoms with Gasteiger partial charge in [0.15, 0.2) is 0 Å². The first-order valence-electron chi connectivity index (χ1n) is 5.91. The summed E-state index contributed by atoms with van der Waals surface area (Å²) in [5.74, 6) is 0.257. The predicted molar refractivity (Wildman–Crippen MR) is 80.1 cm³/mol. The van der Waals surface area contributed by atoms with Gasteiger partial charge in [-0.25, -0.2) is 12.7 Å². The first-order chi connectivity index (χ1) is 8.70. The van der Waals surface area contributed by atoms with E-state index in [1.54, 1.807) is 0 Å². The van der Waals surface area contributed by atoms with Crippen LogP contribution in [0.25, 0.3) is 0 Å². The molecule has 0 saturated heterocycles. The minimum Gasteiger partial charge on any atom is -0.398 e. The summed E-state index contributed by atoms with van der Waals surface area (Å²) in [4.78, 5) is -0.0793. The van der Waals surface area contributed by atoms with Crippen LogP contribution in [0, 0.1) is 5.92 Å². The fourth-order valence-electron chi connectivity index (χ4n) is 1.67. The molecule has 4 nitrogen and oxygen atoms in total. The molecule has 1 aromatic carbocycles. The Labute approximate surface area is 124 Å². The number of nitrogen functional groups attached to an aromatic ring is 1. The van der Waals surface area contributed by atoms with E-state index in [0.717, 1.165) is 6.42 Å². The molecule has 1 unspecified atom stereocenters. The normalized spacial score (nSPS) is 13.8. The molecule has 0 fully saturated rings. The van der Waals surface area contributed by atoms with Crippen LogP contribution in [0.4, 0.5) is 5.69 Å². The highest BCUT2D eigenvalue weighted by Crippen LogP contribution is 2.33.